The monoisotopic (exact) mass is 450 g/mol. The number of hydrogen-bond acceptors (Lipinski definition) is 5. The minimum Gasteiger partial charge on any atom is -0.366 e. The third-order valence-corrected chi connectivity index (χ3v) is 6.09. The van der Waals surface area contributed by atoms with Gasteiger partial charge in [0, 0.05) is 21.8 Å². The molecule has 0 aliphatic carbocycles. The molecule has 3 rings (SSSR count). The van der Waals surface area contributed by atoms with Crippen molar-refractivity contribution in [2.45, 2.75) is 23.6 Å². The summed E-state index contributed by atoms with van der Waals surface area (Å²) < 4.78 is 0. The van der Waals surface area contributed by atoms with Gasteiger partial charge in [0.05, 0.1) is 16.5 Å². The number of nitriles is 1. The zero-order valence-corrected chi connectivity index (χ0v) is 18.2. The first kappa shape index (κ1) is 22.3. The van der Waals surface area contributed by atoms with Crippen LogP contribution in [-0.4, -0.2) is 22.0 Å². The Bertz CT molecular complexity index is 1140. The second-order valence-electron chi connectivity index (χ2n) is 6.61. The van der Waals surface area contributed by atoms with Gasteiger partial charge in [-0.2, -0.15) is 5.26 Å². The van der Waals surface area contributed by atoms with Crippen LogP contribution in [0.1, 0.15) is 29.3 Å². The van der Waals surface area contributed by atoms with Crippen molar-refractivity contribution in [3.05, 3.63) is 76.8 Å². The van der Waals surface area contributed by atoms with Crippen LogP contribution in [-0.2, 0) is 4.79 Å². The summed E-state index contributed by atoms with van der Waals surface area (Å²) in [6, 6.07) is 19.2. The minimum atomic E-state index is -0.532. The van der Waals surface area contributed by atoms with Crippen molar-refractivity contribution < 1.29 is 9.59 Å². The van der Waals surface area contributed by atoms with E-state index in [9.17, 15) is 14.9 Å². The number of amides is 2. The summed E-state index contributed by atoms with van der Waals surface area (Å²) in [5, 5.41) is 13.0. The van der Waals surface area contributed by atoms with E-state index < -0.39 is 11.2 Å². The summed E-state index contributed by atoms with van der Waals surface area (Å²) >= 11 is 7.20. The van der Waals surface area contributed by atoms with E-state index in [2.05, 4.69) is 16.4 Å². The maximum Gasteiger partial charge on any atom is 0.248 e. The first-order valence-corrected chi connectivity index (χ1v) is 10.7. The number of benzene rings is 2. The Hall–Kier alpha value is -3.34. The second-order valence-corrected chi connectivity index (χ2v) is 8.24. The highest BCUT2D eigenvalue weighted by Gasteiger charge is 2.21. The van der Waals surface area contributed by atoms with E-state index in [-0.39, 0.29) is 5.91 Å². The Labute approximate surface area is 189 Å². The van der Waals surface area contributed by atoms with Gasteiger partial charge in [-0.15, -0.1) is 0 Å². The summed E-state index contributed by atoms with van der Waals surface area (Å²) in [6.07, 6.45) is 0.535. The second kappa shape index (κ2) is 10.1. The maximum absolute atomic E-state index is 12.8. The van der Waals surface area contributed by atoms with Crippen molar-refractivity contribution in [2.75, 3.05) is 5.32 Å². The van der Waals surface area contributed by atoms with Crippen LogP contribution < -0.4 is 11.1 Å². The van der Waals surface area contributed by atoms with Gasteiger partial charge in [0.2, 0.25) is 11.8 Å². The summed E-state index contributed by atoms with van der Waals surface area (Å²) in [5.74, 6) is -0.752. The summed E-state index contributed by atoms with van der Waals surface area (Å²) in [6.45, 7) is 1.89. The van der Waals surface area contributed by atoms with E-state index in [0.29, 0.717) is 39.0 Å². The van der Waals surface area contributed by atoms with Crippen molar-refractivity contribution in [3.8, 4) is 17.3 Å². The van der Waals surface area contributed by atoms with Crippen LogP contribution in [0.2, 0.25) is 5.02 Å². The van der Waals surface area contributed by atoms with E-state index in [1.54, 1.807) is 48.5 Å². The Balaban J connectivity index is 1.80. The fourth-order valence-corrected chi connectivity index (χ4v) is 3.91. The average Bonchev–Trinajstić information content (AvgIpc) is 2.78. The van der Waals surface area contributed by atoms with Crippen molar-refractivity contribution in [1.29, 1.82) is 5.26 Å². The number of primary amides is 1. The van der Waals surface area contributed by atoms with Gasteiger partial charge in [-0.25, -0.2) is 4.98 Å². The zero-order chi connectivity index (χ0) is 22.4. The molecule has 2 amide bonds. The molecule has 1 atom stereocenters. The molecule has 156 valence electrons. The molecule has 0 aliphatic heterocycles. The number of halogens is 1. The van der Waals surface area contributed by atoms with Gasteiger partial charge >= 0.3 is 0 Å². The van der Waals surface area contributed by atoms with E-state index in [1.807, 2.05) is 19.1 Å². The number of nitrogens with one attached hydrogen (secondary N) is 1. The van der Waals surface area contributed by atoms with E-state index >= 15 is 0 Å². The fraction of sp³-hybridized carbons (Fsp3) is 0.130. The molecule has 0 bridgehead atoms. The van der Waals surface area contributed by atoms with Gasteiger partial charge in [0.15, 0.2) is 0 Å². The van der Waals surface area contributed by atoms with Gasteiger partial charge in [-0.3, -0.25) is 9.59 Å². The number of hydrogen-bond donors (Lipinski definition) is 2. The molecule has 1 aromatic heterocycles. The van der Waals surface area contributed by atoms with Crippen LogP contribution in [0.4, 0.5) is 5.69 Å². The van der Waals surface area contributed by atoms with Crippen molar-refractivity contribution in [1.82, 2.24) is 4.98 Å². The lowest BCUT2D eigenvalue weighted by atomic mass is 10.1. The molecule has 31 heavy (non-hydrogen) atoms. The van der Waals surface area contributed by atoms with Gasteiger partial charge in [-0.1, -0.05) is 42.4 Å². The lowest BCUT2D eigenvalue weighted by molar-refractivity contribution is -0.115. The van der Waals surface area contributed by atoms with Crippen LogP contribution in [0.15, 0.2) is 65.7 Å². The topological polar surface area (TPSA) is 109 Å². The molecular weight excluding hydrogens is 432 g/mol. The van der Waals surface area contributed by atoms with Crippen LogP contribution in [0.25, 0.3) is 11.3 Å². The summed E-state index contributed by atoms with van der Waals surface area (Å²) in [5.41, 5.74) is 8.11. The molecule has 0 spiro atoms. The highest BCUT2D eigenvalue weighted by atomic mass is 35.5. The Morgan fingerprint density at radius 3 is 2.39 bits per heavy atom. The predicted molar refractivity (Wildman–Crippen MR) is 123 cm³/mol. The summed E-state index contributed by atoms with van der Waals surface area (Å²) in [4.78, 5) is 28.6. The third kappa shape index (κ3) is 5.63. The third-order valence-electron chi connectivity index (χ3n) is 4.47. The van der Waals surface area contributed by atoms with Gasteiger partial charge in [0.1, 0.15) is 11.1 Å². The Morgan fingerprint density at radius 1 is 1.13 bits per heavy atom. The van der Waals surface area contributed by atoms with Gasteiger partial charge in [0.25, 0.3) is 0 Å². The van der Waals surface area contributed by atoms with Crippen LogP contribution in [0.5, 0.6) is 0 Å². The lowest BCUT2D eigenvalue weighted by Gasteiger charge is -2.16. The molecule has 0 saturated carbocycles. The van der Waals surface area contributed by atoms with Crippen molar-refractivity contribution in [3.63, 3.8) is 0 Å². The molecule has 3 N–H and O–H groups in total. The molecular formula is C23H19ClN4O2S. The molecule has 8 heteroatoms. The van der Waals surface area contributed by atoms with Gasteiger partial charge in [-0.05, 0) is 55.0 Å². The van der Waals surface area contributed by atoms with Crippen LogP contribution in [0.3, 0.4) is 0 Å². The maximum atomic E-state index is 12.8. The van der Waals surface area contributed by atoms with Crippen LogP contribution in [0, 0.1) is 11.3 Å². The highest BCUT2D eigenvalue weighted by Crippen LogP contribution is 2.30. The largest absolute Gasteiger partial charge is 0.366 e. The van der Waals surface area contributed by atoms with E-state index in [4.69, 9.17) is 17.3 Å². The molecule has 0 aliphatic rings. The predicted octanol–water partition coefficient (Wildman–Crippen LogP) is 4.88. The molecule has 1 heterocycles. The van der Waals surface area contributed by atoms with E-state index in [0.717, 1.165) is 5.56 Å². The normalized spacial score (nSPS) is 11.4. The number of nitrogens with zero attached hydrogens (tertiary/aromatic N) is 2. The van der Waals surface area contributed by atoms with Gasteiger partial charge < -0.3 is 11.1 Å². The lowest BCUT2D eigenvalue weighted by Crippen LogP contribution is -2.25. The molecule has 2 aromatic carbocycles. The smallest absolute Gasteiger partial charge is 0.248 e. The number of pyridine rings is 1. The van der Waals surface area contributed by atoms with Crippen molar-refractivity contribution >= 4 is 40.9 Å². The highest BCUT2D eigenvalue weighted by molar-refractivity contribution is 8.00. The molecule has 0 radical (unpaired) electrons. The Morgan fingerprint density at radius 2 is 1.81 bits per heavy atom. The molecule has 0 saturated heterocycles. The quantitative estimate of drug-likeness (QED) is 0.498. The first-order chi connectivity index (χ1) is 14.9. The molecule has 6 nitrogen and oxygen atoms in total. The Kier molecular flexibility index (Phi) is 7.29. The molecule has 3 aromatic rings. The number of nitrogens with two attached hydrogens (primary N) is 1. The van der Waals surface area contributed by atoms with E-state index in [1.165, 1.54) is 11.8 Å². The standard InChI is InChI=1S/C23H19ClN4O2S/c1-2-20(22(30)27-18-10-5-15(6-11-18)21(26)29)31-23-16(13-25)7-12-19(28-23)14-3-8-17(24)9-4-14/h3-12,20H,2H2,1H3,(H2,26,29)(H,27,30). The SMILES string of the molecule is CCC(Sc1nc(-c2ccc(Cl)cc2)ccc1C#N)C(=O)Nc1ccc(C(N)=O)cc1. The number of rotatable bonds is 7. The number of anilines is 1. The first-order valence-electron chi connectivity index (χ1n) is 9.45. The van der Waals surface area contributed by atoms with Crippen LogP contribution >= 0.6 is 23.4 Å². The number of carbonyl (C=O) groups excluding carboxylic acids is 2. The average molecular weight is 451 g/mol. The zero-order valence-electron chi connectivity index (χ0n) is 16.6. The molecule has 0 fully saturated rings. The number of carbonyl (C=O) groups is 2. The number of aromatic nitrogens is 1. The molecule has 1 unspecified atom stereocenters. The summed E-state index contributed by atoms with van der Waals surface area (Å²) in [7, 11) is 0. The number of thioether (sulfide) groups is 1. The minimum absolute atomic E-state index is 0.220. The van der Waals surface area contributed by atoms with Crippen molar-refractivity contribution in [2.24, 2.45) is 5.73 Å². The fourth-order valence-electron chi connectivity index (χ4n) is 2.79.